The number of benzene rings is 2. The topological polar surface area (TPSA) is 69.0 Å². The lowest BCUT2D eigenvalue weighted by molar-refractivity contribution is 0.102. The minimum Gasteiger partial charge on any atom is -0.492 e. The van der Waals surface area contributed by atoms with Crippen molar-refractivity contribution in [2.45, 2.75) is 20.3 Å². The van der Waals surface area contributed by atoms with Crippen LogP contribution in [0.3, 0.4) is 0 Å². The number of nitrogens with one attached hydrogen (secondary N) is 1. The van der Waals surface area contributed by atoms with E-state index in [2.05, 4.69) is 15.6 Å². The first kappa shape index (κ1) is 16.7. The maximum Gasteiger partial charge on any atom is 0.278 e. The number of carbonyl (C=O) groups excluding carboxylic acids is 1. The molecule has 6 heteroatoms. The predicted molar refractivity (Wildman–Crippen MR) is 96.3 cm³/mol. The number of rotatable bonds is 6. The zero-order valence-electron chi connectivity index (χ0n) is 14.3. The SMILES string of the molecule is CCOc1ccccc1NC(=O)c1nnn(-c2ccccc2)c1CC. The molecular weight excluding hydrogens is 316 g/mol. The summed E-state index contributed by atoms with van der Waals surface area (Å²) in [5.74, 6) is 0.332. The summed E-state index contributed by atoms with van der Waals surface area (Å²) < 4.78 is 7.25. The minimum absolute atomic E-state index is 0.300. The van der Waals surface area contributed by atoms with Crippen LogP contribution in [0.5, 0.6) is 5.75 Å². The van der Waals surface area contributed by atoms with Crippen molar-refractivity contribution in [1.29, 1.82) is 0 Å². The number of hydrogen-bond donors (Lipinski definition) is 1. The molecule has 1 heterocycles. The highest BCUT2D eigenvalue weighted by atomic mass is 16.5. The van der Waals surface area contributed by atoms with Gasteiger partial charge in [-0.15, -0.1) is 5.10 Å². The molecule has 0 aliphatic rings. The van der Waals surface area contributed by atoms with Gasteiger partial charge in [-0.3, -0.25) is 4.79 Å². The van der Waals surface area contributed by atoms with Crippen LogP contribution in [0.1, 0.15) is 30.0 Å². The highest BCUT2D eigenvalue weighted by Crippen LogP contribution is 2.24. The monoisotopic (exact) mass is 336 g/mol. The van der Waals surface area contributed by atoms with Crippen molar-refractivity contribution < 1.29 is 9.53 Å². The average Bonchev–Trinajstić information content (AvgIpc) is 3.08. The molecule has 0 atom stereocenters. The molecule has 1 aromatic heterocycles. The molecule has 25 heavy (non-hydrogen) atoms. The van der Waals surface area contributed by atoms with Crippen LogP contribution in [0.15, 0.2) is 54.6 Å². The molecule has 0 saturated heterocycles. The van der Waals surface area contributed by atoms with E-state index in [9.17, 15) is 4.79 Å². The fraction of sp³-hybridized carbons (Fsp3) is 0.211. The molecule has 0 saturated carbocycles. The normalized spacial score (nSPS) is 10.5. The van der Waals surface area contributed by atoms with E-state index < -0.39 is 0 Å². The maximum absolute atomic E-state index is 12.7. The molecule has 0 fully saturated rings. The van der Waals surface area contributed by atoms with Crippen molar-refractivity contribution >= 4 is 11.6 Å². The first-order chi connectivity index (χ1) is 12.2. The zero-order valence-corrected chi connectivity index (χ0v) is 14.3. The molecule has 3 aromatic rings. The third-order valence-electron chi connectivity index (χ3n) is 3.75. The maximum atomic E-state index is 12.7. The largest absolute Gasteiger partial charge is 0.492 e. The number of aromatic nitrogens is 3. The van der Waals surface area contributed by atoms with Gasteiger partial charge in [0.25, 0.3) is 5.91 Å². The Bertz CT molecular complexity index is 859. The Morgan fingerprint density at radius 2 is 1.80 bits per heavy atom. The van der Waals surface area contributed by atoms with E-state index in [1.54, 1.807) is 10.7 Å². The van der Waals surface area contributed by atoms with Gasteiger partial charge in [0.05, 0.1) is 23.7 Å². The highest BCUT2D eigenvalue weighted by molar-refractivity contribution is 6.04. The second kappa shape index (κ2) is 7.61. The number of amides is 1. The van der Waals surface area contributed by atoms with Gasteiger partial charge in [0.1, 0.15) is 5.75 Å². The van der Waals surface area contributed by atoms with Crippen molar-refractivity contribution in [1.82, 2.24) is 15.0 Å². The summed E-state index contributed by atoms with van der Waals surface area (Å²) in [5, 5.41) is 11.1. The fourth-order valence-electron chi connectivity index (χ4n) is 2.60. The summed E-state index contributed by atoms with van der Waals surface area (Å²) in [6.45, 7) is 4.40. The lowest BCUT2D eigenvalue weighted by atomic mass is 10.2. The molecule has 0 aliphatic carbocycles. The van der Waals surface area contributed by atoms with E-state index in [0.29, 0.717) is 30.2 Å². The Hall–Kier alpha value is -3.15. The molecule has 6 nitrogen and oxygen atoms in total. The Balaban J connectivity index is 1.90. The van der Waals surface area contributed by atoms with Crippen LogP contribution < -0.4 is 10.1 Å². The Morgan fingerprint density at radius 1 is 1.08 bits per heavy atom. The third-order valence-corrected chi connectivity index (χ3v) is 3.75. The van der Waals surface area contributed by atoms with Crippen molar-refractivity contribution in [3.8, 4) is 11.4 Å². The highest BCUT2D eigenvalue weighted by Gasteiger charge is 2.20. The van der Waals surface area contributed by atoms with Gasteiger partial charge < -0.3 is 10.1 Å². The molecule has 0 radical (unpaired) electrons. The molecule has 2 aromatic carbocycles. The van der Waals surface area contributed by atoms with E-state index in [4.69, 9.17) is 4.74 Å². The molecule has 0 spiro atoms. The van der Waals surface area contributed by atoms with Crippen LogP contribution in [0.4, 0.5) is 5.69 Å². The molecule has 3 rings (SSSR count). The van der Waals surface area contributed by atoms with Crippen molar-refractivity contribution in [3.63, 3.8) is 0 Å². The summed E-state index contributed by atoms with van der Waals surface area (Å²) in [4.78, 5) is 12.7. The standard InChI is InChI=1S/C19H20N4O2/c1-3-16-18(21-22-23(16)14-10-6-5-7-11-14)19(24)20-15-12-8-9-13-17(15)25-4-2/h5-13H,3-4H2,1-2H3,(H,20,24). The second-order valence-electron chi connectivity index (χ2n) is 5.37. The number of carbonyl (C=O) groups is 1. The smallest absolute Gasteiger partial charge is 0.278 e. The van der Waals surface area contributed by atoms with Gasteiger partial charge in [-0.05, 0) is 37.6 Å². The number of ether oxygens (including phenoxy) is 1. The summed E-state index contributed by atoms with van der Waals surface area (Å²) in [6.07, 6.45) is 0.637. The van der Waals surface area contributed by atoms with E-state index in [1.165, 1.54) is 0 Å². The third kappa shape index (κ3) is 3.52. The summed E-state index contributed by atoms with van der Waals surface area (Å²) >= 11 is 0. The van der Waals surface area contributed by atoms with Gasteiger partial charge in [0.15, 0.2) is 5.69 Å². The van der Waals surface area contributed by atoms with Crippen LogP contribution in [-0.4, -0.2) is 27.5 Å². The number of nitrogens with zero attached hydrogens (tertiary/aromatic N) is 3. The lowest BCUT2D eigenvalue weighted by Gasteiger charge is -2.11. The quantitative estimate of drug-likeness (QED) is 0.748. The number of para-hydroxylation sites is 3. The molecule has 1 N–H and O–H groups in total. The molecule has 1 amide bonds. The van der Waals surface area contributed by atoms with E-state index in [-0.39, 0.29) is 5.91 Å². The minimum atomic E-state index is -0.300. The van der Waals surface area contributed by atoms with Gasteiger partial charge in [0, 0.05) is 0 Å². The molecule has 128 valence electrons. The average molecular weight is 336 g/mol. The van der Waals surface area contributed by atoms with Gasteiger partial charge in [0.2, 0.25) is 0 Å². The Kier molecular flexibility index (Phi) is 5.09. The van der Waals surface area contributed by atoms with Gasteiger partial charge in [-0.1, -0.05) is 42.5 Å². The number of hydrogen-bond acceptors (Lipinski definition) is 4. The fourth-order valence-corrected chi connectivity index (χ4v) is 2.60. The van der Waals surface area contributed by atoms with Crippen LogP contribution in [0.25, 0.3) is 5.69 Å². The van der Waals surface area contributed by atoms with E-state index in [1.807, 2.05) is 62.4 Å². The van der Waals surface area contributed by atoms with Crippen molar-refractivity contribution in [2.75, 3.05) is 11.9 Å². The van der Waals surface area contributed by atoms with Crippen LogP contribution in [0, 0.1) is 0 Å². The molecular formula is C19H20N4O2. The summed E-state index contributed by atoms with van der Waals surface area (Å²) in [6, 6.07) is 17.0. The van der Waals surface area contributed by atoms with Gasteiger partial charge >= 0.3 is 0 Å². The lowest BCUT2D eigenvalue weighted by Crippen LogP contribution is -2.16. The van der Waals surface area contributed by atoms with Crippen molar-refractivity contribution in [2.24, 2.45) is 0 Å². The Morgan fingerprint density at radius 3 is 2.52 bits per heavy atom. The van der Waals surface area contributed by atoms with E-state index >= 15 is 0 Å². The first-order valence-electron chi connectivity index (χ1n) is 8.27. The molecule has 0 bridgehead atoms. The summed E-state index contributed by atoms with van der Waals surface area (Å²) in [5.41, 5.74) is 2.57. The zero-order chi connectivity index (χ0) is 17.6. The predicted octanol–water partition coefficient (Wildman–Crippen LogP) is 3.48. The summed E-state index contributed by atoms with van der Waals surface area (Å²) in [7, 11) is 0. The molecule has 0 unspecified atom stereocenters. The Labute approximate surface area is 146 Å². The first-order valence-corrected chi connectivity index (χ1v) is 8.27. The van der Waals surface area contributed by atoms with Crippen LogP contribution in [0.2, 0.25) is 0 Å². The van der Waals surface area contributed by atoms with Gasteiger partial charge in [-0.25, -0.2) is 4.68 Å². The van der Waals surface area contributed by atoms with Crippen LogP contribution >= 0.6 is 0 Å². The molecule has 0 aliphatic heterocycles. The van der Waals surface area contributed by atoms with Crippen LogP contribution in [-0.2, 0) is 6.42 Å². The van der Waals surface area contributed by atoms with Gasteiger partial charge in [-0.2, -0.15) is 0 Å². The second-order valence-corrected chi connectivity index (χ2v) is 5.37. The number of anilines is 1. The van der Waals surface area contributed by atoms with E-state index in [0.717, 1.165) is 11.4 Å². The van der Waals surface area contributed by atoms with Crippen molar-refractivity contribution in [3.05, 3.63) is 66.0 Å².